The summed E-state index contributed by atoms with van der Waals surface area (Å²) in [6.07, 6.45) is 3.10. The SMILES string of the molecule is O=C(CCc1cccc(F)c1)N1CCCC1c1ccccc1. The molecule has 0 bridgehead atoms. The molecule has 0 aliphatic carbocycles. The third-order valence-electron chi connectivity index (χ3n) is 4.27. The van der Waals surface area contributed by atoms with Crippen molar-refractivity contribution in [2.45, 2.75) is 31.7 Å². The van der Waals surface area contributed by atoms with Gasteiger partial charge in [-0.05, 0) is 42.5 Å². The molecule has 0 saturated carbocycles. The molecule has 1 aliphatic heterocycles. The van der Waals surface area contributed by atoms with Gasteiger partial charge in [0.05, 0.1) is 6.04 Å². The zero-order chi connectivity index (χ0) is 15.4. The van der Waals surface area contributed by atoms with Crippen molar-refractivity contribution in [2.75, 3.05) is 6.54 Å². The fourth-order valence-corrected chi connectivity index (χ4v) is 3.17. The molecule has 22 heavy (non-hydrogen) atoms. The van der Waals surface area contributed by atoms with Crippen molar-refractivity contribution in [3.05, 3.63) is 71.5 Å². The van der Waals surface area contributed by atoms with Crippen LogP contribution in [-0.4, -0.2) is 17.4 Å². The van der Waals surface area contributed by atoms with Crippen molar-refractivity contribution in [2.24, 2.45) is 0 Å². The van der Waals surface area contributed by atoms with Gasteiger partial charge in [0.25, 0.3) is 0 Å². The smallest absolute Gasteiger partial charge is 0.223 e. The van der Waals surface area contributed by atoms with Crippen LogP contribution in [0.1, 0.15) is 36.4 Å². The van der Waals surface area contributed by atoms with Crippen LogP contribution in [0.5, 0.6) is 0 Å². The highest BCUT2D eigenvalue weighted by Gasteiger charge is 2.29. The van der Waals surface area contributed by atoms with E-state index < -0.39 is 0 Å². The van der Waals surface area contributed by atoms with Crippen LogP contribution < -0.4 is 0 Å². The largest absolute Gasteiger partial charge is 0.336 e. The molecule has 1 fully saturated rings. The maximum absolute atomic E-state index is 13.2. The topological polar surface area (TPSA) is 20.3 Å². The van der Waals surface area contributed by atoms with Crippen LogP contribution in [0.2, 0.25) is 0 Å². The van der Waals surface area contributed by atoms with Gasteiger partial charge in [-0.15, -0.1) is 0 Å². The number of aryl methyl sites for hydroxylation is 1. The number of likely N-dealkylation sites (tertiary alicyclic amines) is 1. The number of carbonyl (C=O) groups is 1. The Morgan fingerprint density at radius 3 is 2.73 bits per heavy atom. The second-order valence-electron chi connectivity index (χ2n) is 5.79. The van der Waals surface area contributed by atoms with E-state index in [4.69, 9.17) is 0 Å². The summed E-state index contributed by atoms with van der Waals surface area (Å²) in [5.41, 5.74) is 2.09. The van der Waals surface area contributed by atoms with E-state index in [1.807, 2.05) is 29.2 Å². The summed E-state index contributed by atoms with van der Waals surface area (Å²) in [6.45, 7) is 0.821. The molecule has 1 unspecified atom stereocenters. The van der Waals surface area contributed by atoms with E-state index in [9.17, 15) is 9.18 Å². The van der Waals surface area contributed by atoms with E-state index in [0.29, 0.717) is 12.8 Å². The molecule has 114 valence electrons. The molecule has 3 heteroatoms. The summed E-state index contributed by atoms with van der Waals surface area (Å²) in [5, 5.41) is 0. The first-order valence-electron chi connectivity index (χ1n) is 7.83. The molecule has 2 aromatic rings. The molecule has 1 saturated heterocycles. The van der Waals surface area contributed by atoms with E-state index in [-0.39, 0.29) is 17.8 Å². The van der Waals surface area contributed by atoms with Gasteiger partial charge < -0.3 is 4.90 Å². The molecular formula is C19H20FNO. The molecule has 3 rings (SSSR count). The van der Waals surface area contributed by atoms with Crippen molar-refractivity contribution >= 4 is 5.91 Å². The van der Waals surface area contributed by atoms with Gasteiger partial charge in [0.2, 0.25) is 5.91 Å². The lowest BCUT2D eigenvalue weighted by atomic mass is 10.0. The fourth-order valence-electron chi connectivity index (χ4n) is 3.17. The lowest BCUT2D eigenvalue weighted by Gasteiger charge is -2.25. The zero-order valence-electron chi connectivity index (χ0n) is 12.5. The first kappa shape index (κ1) is 14.8. The monoisotopic (exact) mass is 297 g/mol. The third-order valence-corrected chi connectivity index (χ3v) is 4.27. The third kappa shape index (κ3) is 3.35. The van der Waals surface area contributed by atoms with Crippen LogP contribution in [0.25, 0.3) is 0 Å². The summed E-state index contributed by atoms with van der Waals surface area (Å²) in [4.78, 5) is 14.5. The second kappa shape index (κ2) is 6.73. The summed E-state index contributed by atoms with van der Waals surface area (Å²) in [5.74, 6) is -0.0797. The first-order valence-corrected chi connectivity index (χ1v) is 7.83. The van der Waals surface area contributed by atoms with Crippen molar-refractivity contribution < 1.29 is 9.18 Å². The maximum Gasteiger partial charge on any atom is 0.223 e. The van der Waals surface area contributed by atoms with Crippen LogP contribution in [0.15, 0.2) is 54.6 Å². The molecule has 0 N–H and O–H groups in total. The minimum Gasteiger partial charge on any atom is -0.336 e. The molecule has 1 heterocycles. The number of carbonyl (C=O) groups excluding carboxylic acids is 1. The Bertz CT molecular complexity index is 641. The lowest BCUT2D eigenvalue weighted by molar-refractivity contribution is -0.132. The Balaban J connectivity index is 1.64. The van der Waals surface area contributed by atoms with Crippen LogP contribution in [-0.2, 0) is 11.2 Å². The second-order valence-corrected chi connectivity index (χ2v) is 5.79. The molecular weight excluding hydrogens is 277 g/mol. The maximum atomic E-state index is 13.2. The molecule has 0 spiro atoms. The molecule has 1 aliphatic rings. The number of amides is 1. The molecule has 1 atom stereocenters. The number of rotatable bonds is 4. The van der Waals surface area contributed by atoms with E-state index in [0.717, 1.165) is 24.9 Å². The lowest BCUT2D eigenvalue weighted by Crippen LogP contribution is -2.30. The van der Waals surface area contributed by atoms with E-state index in [1.165, 1.54) is 17.7 Å². The highest BCUT2D eigenvalue weighted by Crippen LogP contribution is 2.32. The van der Waals surface area contributed by atoms with Crippen molar-refractivity contribution in [1.29, 1.82) is 0 Å². The van der Waals surface area contributed by atoms with Gasteiger partial charge >= 0.3 is 0 Å². The number of nitrogens with zero attached hydrogens (tertiary/aromatic N) is 1. The molecule has 2 nitrogen and oxygen atoms in total. The molecule has 0 radical (unpaired) electrons. The average Bonchev–Trinajstić information content (AvgIpc) is 3.03. The van der Waals surface area contributed by atoms with Crippen LogP contribution in [0.4, 0.5) is 4.39 Å². The molecule has 1 amide bonds. The summed E-state index contributed by atoms with van der Waals surface area (Å²) >= 11 is 0. The Kier molecular flexibility index (Phi) is 4.52. The van der Waals surface area contributed by atoms with Crippen LogP contribution in [0.3, 0.4) is 0 Å². The number of hydrogen-bond donors (Lipinski definition) is 0. The van der Waals surface area contributed by atoms with Gasteiger partial charge in [-0.3, -0.25) is 4.79 Å². The van der Waals surface area contributed by atoms with Gasteiger partial charge in [0.1, 0.15) is 5.82 Å². The summed E-state index contributed by atoms with van der Waals surface area (Å²) in [7, 11) is 0. The van der Waals surface area contributed by atoms with Gasteiger partial charge in [0, 0.05) is 13.0 Å². The van der Waals surface area contributed by atoms with E-state index in [2.05, 4.69) is 12.1 Å². The number of benzene rings is 2. The van der Waals surface area contributed by atoms with Crippen LogP contribution in [0, 0.1) is 5.82 Å². The van der Waals surface area contributed by atoms with E-state index >= 15 is 0 Å². The summed E-state index contributed by atoms with van der Waals surface area (Å²) < 4.78 is 13.2. The summed E-state index contributed by atoms with van der Waals surface area (Å²) in [6, 6.07) is 16.9. The highest BCUT2D eigenvalue weighted by atomic mass is 19.1. The van der Waals surface area contributed by atoms with Crippen molar-refractivity contribution in [3.63, 3.8) is 0 Å². The Morgan fingerprint density at radius 2 is 1.95 bits per heavy atom. The minimum atomic E-state index is -0.242. The normalized spacial score (nSPS) is 17.7. The number of hydrogen-bond acceptors (Lipinski definition) is 1. The standard InChI is InChI=1S/C19H20FNO/c20-17-9-4-6-15(14-17)11-12-19(22)21-13-5-10-18(21)16-7-2-1-3-8-16/h1-4,6-9,14,18H,5,10-13H2. The quantitative estimate of drug-likeness (QED) is 0.831. The highest BCUT2D eigenvalue weighted by molar-refractivity contribution is 5.77. The molecule has 0 aromatic heterocycles. The van der Waals surface area contributed by atoms with Gasteiger partial charge in [-0.1, -0.05) is 42.5 Å². The Labute approximate surface area is 130 Å². The Hall–Kier alpha value is -2.16. The predicted molar refractivity (Wildman–Crippen MR) is 84.9 cm³/mol. The zero-order valence-corrected chi connectivity index (χ0v) is 12.5. The molecule has 2 aromatic carbocycles. The number of halogens is 1. The average molecular weight is 297 g/mol. The fraction of sp³-hybridized carbons (Fsp3) is 0.316. The van der Waals surface area contributed by atoms with Crippen molar-refractivity contribution in [3.8, 4) is 0 Å². The van der Waals surface area contributed by atoms with Gasteiger partial charge in [-0.25, -0.2) is 4.39 Å². The van der Waals surface area contributed by atoms with Gasteiger partial charge in [-0.2, -0.15) is 0 Å². The Morgan fingerprint density at radius 1 is 1.14 bits per heavy atom. The van der Waals surface area contributed by atoms with Crippen LogP contribution >= 0.6 is 0 Å². The van der Waals surface area contributed by atoms with Crippen molar-refractivity contribution in [1.82, 2.24) is 4.90 Å². The van der Waals surface area contributed by atoms with Gasteiger partial charge in [0.15, 0.2) is 0 Å². The first-order chi connectivity index (χ1) is 10.7. The van der Waals surface area contributed by atoms with E-state index in [1.54, 1.807) is 6.07 Å². The minimum absolute atomic E-state index is 0.163. The predicted octanol–water partition coefficient (Wildman–Crippen LogP) is 4.12.